The number of rotatable bonds is 6. The van der Waals surface area contributed by atoms with Crippen LogP contribution in [0.5, 0.6) is 0 Å². The average molecular weight is 613 g/mol. The summed E-state index contributed by atoms with van der Waals surface area (Å²) in [5.74, 6) is -5.10. The zero-order valence-corrected chi connectivity index (χ0v) is 26.2. The Balaban J connectivity index is 1.67. The molecule has 238 valence electrons. The second-order valence-corrected chi connectivity index (χ2v) is 14.3. The molecule has 1 aromatic rings. The number of ether oxygens (including phenoxy) is 4. The van der Waals surface area contributed by atoms with E-state index in [4.69, 9.17) is 23.4 Å². The van der Waals surface area contributed by atoms with Crippen molar-refractivity contribution in [3.63, 3.8) is 0 Å². The second kappa shape index (κ2) is 9.52. The number of hydrogen-bond donors (Lipinski definition) is 1. The maximum Gasteiger partial charge on any atom is 0.310 e. The van der Waals surface area contributed by atoms with Gasteiger partial charge in [-0.1, -0.05) is 34.6 Å². The molecule has 9 atom stereocenters. The van der Waals surface area contributed by atoms with E-state index >= 15 is 4.79 Å². The van der Waals surface area contributed by atoms with Crippen molar-refractivity contribution >= 4 is 29.7 Å². The van der Waals surface area contributed by atoms with Gasteiger partial charge in [-0.2, -0.15) is 0 Å². The zero-order chi connectivity index (χ0) is 32.2. The molecule has 6 rings (SSSR count). The Morgan fingerprint density at radius 2 is 1.86 bits per heavy atom. The third-order valence-corrected chi connectivity index (χ3v) is 11.9. The van der Waals surface area contributed by atoms with Crippen molar-refractivity contribution in [2.75, 3.05) is 7.11 Å². The monoisotopic (exact) mass is 612 g/mol. The normalized spacial score (nSPS) is 42.0. The van der Waals surface area contributed by atoms with Crippen LogP contribution in [-0.2, 0) is 42.9 Å². The molecule has 1 saturated heterocycles. The molecule has 3 saturated carbocycles. The molecule has 11 heteroatoms. The van der Waals surface area contributed by atoms with Gasteiger partial charge in [-0.15, -0.1) is 0 Å². The van der Waals surface area contributed by atoms with Crippen LogP contribution in [0.1, 0.15) is 85.3 Å². The van der Waals surface area contributed by atoms with Gasteiger partial charge >= 0.3 is 23.9 Å². The maximum absolute atomic E-state index is 15.3. The highest BCUT2D eigenvalue weighted by Crippen LogP contribution is 2.80. The highest BCUT2D eigenvalue weighted by molar-refractivity contribution is 6.09. The minimum Gasteiger partial charge on any atom is -0.472 e. The summed E-state index contributed by atoms with van der Waals surface area (Å²) < 4.78 is 28.4. The molecule has 0 aromatic carbocycles. The van der Waals surface area contributed by atoms with Gasteiger partial charge in [-0.3, -0.25) is 24.0 Å². The van der Waals surface area contributed by atoms with E-state index in [-0.39, 0.29) is 24.8 Å². The topological polar surface area (TPSA) is 156 Å². The predicted octanol–water partition coefficient (Wildman–Crippen LogP) is 3.77. The Morgan fingerprint density at radius 3 is 2.45 bits per heavy atom. The van der Waals surface area contributed by atoms with Gasteiger partial charge in [-0.25, -0.2) is 0 Å². The Bertz CT molecular complexity index is 1490. The molecule has 4 fully saturated rings. The molecule has 0 radical (unpaired) electrons. The number of methoxy groups -OCH3 is 1. The first kappa shape index (κ1) is 30.6. The molecular weight excluding hydrogens is 572 g/mol. The van der Waals surface area contributed by atoms with Gasteiger partial charge in [0.1, 0.15) is 11.7 Å². The summed E-state index contributed by atoms with van der Waals surface area (Å²) in [6, 6.07) is 1.72. The minimum absolute atomic E-state index is 0.0523. The third-order valence-electron chi connectivity index (χ3n) is 11.9. The van der Waals surface area contributed by atoms with Crippen LogP contribution in [-0.4, -0.2) is 59.2 Å². The van der Waals surface area contributed by atoms with Crippen molar-refractivity contribution in [2.24, 2.45) is 34.0 Å². The number of carbonyl (C=O) groups is 5. The van der Waals surface area contributed by atoms with Gasteiger partial charge in [0, 0.05) is 40.7 Å². The number of esters is 4. The third kappa shape index (κ3) is 3.50. The van der Waals surface area contributed by atoms with Crippen LogP contribution in [0.4, 0.5) is 0 Å². The van der Waals surface area contributed by atoms with E-state index in [2.05, 4.69) is 0 Å². The molecule has 0 amide bonds. The number of Topliss-reactive ketones (excluding diaryl/α,β-unsaturated/α-hetero) is 1. The summed E-state index contributed by atoms with van der Waals surface area (Å²) in [5.41, 5.74) is -6.02. The molecule has 4 aliphatic carbocycles. The number of fused-ring (bicyclic) bond motifs is 4. The fourth-order valence-electron chi connectivity index (χ4n) is 9.95. The van der Waals surface area contributed by atoms with E-state index in [0.29, 0.717) is 24.0 Å². The van der Waals surface area contributed by atoms with Crippen LogP contribution < -0.4 is 0 Å². The first-order chi connectivity index (χ1) is 20.5. The summed E-state index contributed by atoms with van der Waals surface area (Å²) >= 11 is 0. The van der Waals surface area contributed by atoms with Crippen LogP contribution in [0.15, 0.2) is 34.2 Å². The standard InChI is InChI=1S/C33H40O11/c1-16(2)27(38)44-33-25(37)24-19(8-10-29(4)20(24)12-23(36)43-26(29)18-9-11-41-14-18)31(6)21(13-22(35)40-7)30(5,15-32(31,33)39)28(33)42-17(3)34/h9,11,14,16,19,21,26,28,39H,8,10,12-13,15H2,1-7H3/t19-,21-,26-,28-,29+,30+,31+,32+,33+/m0/s1. The first-order valence-electron chi connectivity index (χ1n) is 15.2. The quantitative estimate of drug-likeness (QED) is 0.369. The van der Waals surface area contributed by atoms with Crippen molar-refractivity contribution in [2.45, 2.75) is 97.1 Å². The first-order valence-corrected chi connectivity index (χ1v) is 15.2. The Labute approximate surface area is 255 Å². The van der Waals surface area contributed by atoms with E-state index < -0.39 is 87.1 Å². The molecule has 0 spiro atoms. The number of carbonyl (C=O) groups excluding carboxylic acids is 5. The number of furan rings is 1. The molecule has 11 nitrogen and oxygen atoms in total. The van der Waals surface area contributed by atoms with Crippen molar-refractivity contribution < 1.29 is 52.4 Å². The lowest BCUT2D eigenvalue weighted by Gasteiger charge is -2.66. The summed E-state index contributed by atoms with van der Waals surface area (Å²) in [5, 5.41) is 13.0. The average Bonchev–Trinajstić information content (AvgIpc) is 3.59. The highest BCUT2D eigenvalue weighted by atomic mass is 16.6. The molecule has 2 heterocycles. The Hall–Kier alpha value is -3.47. The molecule has 44 heavy (non-hydrogen) atoms. The predicted molar refractivity (Wildman–Crippen MR) is 150 cm³/mol. The molecule has 0 unspecified atom stereocenters. The molecule has 1 N–H and O–H groups in total. The molecular formula is C33H40O11. The van der Waals surface area contributed by atoms with Gasteiger partial charge in [0.05, 0.1) is 32.0 Å². The van der Waals surface area contributed by atoms with Gasteiger partial charge in [0.15, 0.2) is 6.10 Å². The van der Waals surface area contributed by atoms with E-state index in [1.807, 2.05) is 13.8 Å². The maximum atomic E-state index is 15.3. The second-order valence-electron chi connectivity index (χ2n) is 14.3. The van der Waals surface area contributed by atoms with Crippen molar-refractivity contribution in [1.29, 1.82) is 0 Å². The molecule has 1 aromatic heterocycles. The van der Waals surface area contributed by atoms with Crippen LogP contribution >= 0.6 is 0 Å². The van der Waals surface area contributed by atoms with E-state index in [1.165, 1.54) is 26.6 Å². The smallest absolute Gasteiger partial charge is 0.310 e. The van der Waals surface area contributed by atoms with Crippen molar-refractivity contribution in [3.8, 4) is 0 Å². The lowest BCUT2D eigenvalue weighted by molar-refractivity contribution is -0.280. The summed E-state index contributed by atoms with van der Waals surface area (Å²) in [6.07, 6.45) is 1.42. The Kier molecular flexibility index (Phi) is 6.61. The SMILES string of the molecule is COC(=O)C[C@H]1[C@@]2(C)C[C@@]3(O)[C@]1(C)[C@H]1CC[C@]4(C)C(=C1C(=O)[C@@]3(OC(=O)C(C)C)[C@H]2OC(C)=O)CC(=O)O[C@H]4c1ccoc1. The summed E-state index contributed by atoms with van der Waals surface area (Å²) in [7, 11) is 1.28. The Morgan fingerprint density at radius 1 is 1.16 bits per heavy atom. The largest absolute Gasteiger partial charge is 0.472 e. The van der Waals surface area contributed by atoms with Crippen molar-refractivity contribution in [3.05, 3.63) is 35.3 Å². The molecule has 1 aliphatic heterocycles. The van der Waals surface area contributed by atoms with Gasteiger partial charge in [-0.05, 0) is 42.7 Å². The summed E-state index contributed by atoms with van der Waals surface area (Å²) in [4.78, 5) is 67.6. The summed E-state index contributed by atoms with van der Waals surface area (Å²) in [6.45, 7) is 9.96. The highest BCUT2D eigenvalue weighted by Gasteiger charge is 2.91. The van der Waals surface area contributed by atoms with E-state index in [0.717, 1.165) is 0 Å². The van der Waals surface area contributed by atoms with Crippen molar-refractivity contribution in [1.82, 2.24) is 0 Å². The van der Waals surface area contributed by atoms with E-state index in [9.17, 15) is 24.3 Å². The van der Waals surface area contributed by atoms with Crippen LogP contribution in [0.25, 0.3) is 0 Å². The van der Waals surface area contributed by atoms with E-state index in [1.54, 1.807) is 26.8 Å². The number of aliphatic hydroxyl groups is 1. The lowest BCUT2D eigenvalue weighted by atomic mass is 9.41. The van der Waals surface area contributed by atoms with Gasteiger partial charge < -0.3 is 28.5 Å². The van der Waals surface area contributed by atoms with Gasteiger partial charge in [0.2, 0.25) is 11.4 Å². The molecule has 2 bridgehead atoms. The van der Waals surface area contributed by atoms with Crippen LogP contribution in [0, 0.1) is 34.0 Å². The van der Waals surface area contributed by atoms with Gasteiger partial charge in [0.25, 0.3) is 0 Å². The van der Waals surface area contributed by atoms with Crippen LogP contribution in [0.2, 0.25) is 0 Å². The minimum atomic E-state index is -2.31. The number of ketones is 1. The zero-order valence-electron chi connectivity index (χ0n) is 26.2. The lowest BCUT2D eigenvalue weighted by Crippen LogP contribution is -2.79. The fourth-order valence-corrected chi connectivity index (χ4v) is 9.95. The van der Waals surface area contributed by atoms with Crippen LogP contribution in [0.3, 0.4) is 0 Å². The molecule has 5 aliphatic rings. The number of hydrogen-bond acceptors (Lipinski definition) is 11. The fraction of sp³-hybridized carbons (Fsp3) is 0.667. The number of cyclic esters (lactones) is 1.